The number of methoxy groups -OCH3 is 1. The standard InChI is InChI=1S/C23H21BrN2O4/c1-29-22(27)13-21(17-6-2-8-19(24)11-17)26-23(28)18-7-3-9-20(12-18)30-15-16-5-4-10-25-14-16/h2-12,14,21H,13,15H2,1H3,(H,26,28). The largest absolute Gasteiger partial charge is 0.489 e. The van der Waals surface area contributed by atoms with Gasteiger partial charge in [-0.25, -0.2) is 0 Å². The Bertz CT molecular complexity index is 1010. The Morgan fingerprint density at radius 2 is 1.93 bits per heavy atom. The third kappa shape index (κ3) is 6.15. The SMILES string of the molecule is COC(=O)CC(NC(=O)c1cccc(OCc2cccnc2)c1)c1cccc(Br)c1. The molecule has 1 heterocycles. The van der Waals surface area contributed by atoms with Crippen molar-refractivity contribution in [2.75, 3.05) is 7.11 Å². The van der Waals surface area contributed by atoms with Gasteiger partial charge in [0.25, 0.3) is 5.91 Å². The van der Waals surface area contributed by atoms with Crippen molar-refractivity contribution in [2.45, 2.75) is 19.1 Å². The van der Waals surface area contributed by atoms with Crippen LogP contribution in [0.2, 0.25) is 0 Å². The zero-order valence-electron chi connectivity index (χ0n) is 16.4. The molecular weight excluding hydrogens is 448 g/mol. The summed E-state index contributed by atoms with van der Waals surface area (Å²) in [6.45, 7) is 0.349. The second kappa shape index (κ2) is 10.5. The summed E-state index contributed by atoms with van der Waals surface area (Å²) in [5.74, 6) is -0.150. The highest BCUT2D eigenvalue weighted by atomic mass is 79.9. The van der Waals surface area contributed by atoms with Crippen LogP contribution in [0.3, 0.4) is 0 Å². The van der Waals surface area contributed by atoms with Gasteiger partial charge in [-0.1, -0.05) is 40.2 Å². The molecule has 0 aliphatic carbocycles. The summed E-state index contributed by atoms with van der Waals surface area (Å²) in [6, 6.07) is 17.6. The van der Waals surface area contributed by atoms with Gasteiger partial charge in [0.2, 0.25) is 0 Å². The van der Waals surface area contributed by atoms with Crippen LogP contribution in [-0.2, 0) is 16.1 Å². The van der Waals surface area contributed by atoms with Gasteiger partial charge in [0, 0.05) is 28.0 Å². The number of nitrogens with zero attached hydrogens (tertiary/aromatic N) is 1. The molecule has 0 aliphatic heterocycles. The fraction of sp³-hybridized carbons (Fsp3) is 0.174. The van der Waals surface area contributed by atoms with Crippen molar-refractivity contribution in [2.24, 2.45) is 0 Å². The van der Waals surface area contributed by atoms with Gasteiger partial charge in [-0.05, 0) is 42.0 Å². The highest BCUT2D eigenvalue weighted by Gasteiger charge is 2.20. The molecule has 0 fully saturated rings. The zero-order chi connectivity index (χ0) is 21.3. The molecule has 0 bridgehead atoms. The van der Waals surface area contributed by atoms with Crippen LogP contribution in [0.4, 0.5) is 0 Å². The molecule has 1 N–H and O–H groups in total. The second-order valence-electron chi connectivity index (χ2n) is 6.54. The van der Waals surface area contributed by atoms with E-state index in [1.54, 1.807) is 36.7 Å². The molecule has 0 radical (unpaired) electrons. The number of esters is 1. The number of ether oxygens (including phenoxy) is 2. The number of pyridine rings is 1. The van der Waals surface area contributed by atoms with E-state index in [1.807, 2.05) is 36.4 Å². The number of carbonyl (C=O) groups excluding carboxylic acids is 2. The van der Waals surface area contributed by atoms with E-state index in [-0.39, 0.29) is 12.3 Å². The number of carbonyl (C=O) groups is 2. The Balaban J connectivity index is 1.72. The minimum atomic E-state index is -0.526. The van der Waals surface area contributed by atoms with Crippen molar-refractivity contribution < 1.29 is 19.1 Å². The average molecular weight is 469 g/mol. The quantitative estimate of drug-likeness (QED) is 0.493. The van der Waals surface area contributed by atoms with E-state index >= 15 is 0 Å². The molecule has 0 aliphatic rings. The van der Waals surface area contributed by atoms with Crippen molar-refractivity contribution >= 4 is 27.8 Å². The van der Waals surface area contributed by atoms with Gasteiger partial charge in [-0.2, -0.15) is 0 Å². The van der Waals surface area contributed by atoms with Gasteiger partial charge in [-0.3, -0.25) is 14.6 Å². The summed E-state index contributed by atoms with van der Waals surface area (Å²) in [5.41, 5.74) is 2.16. The normalized spacial score (nSPS) is 11.4. The van der Waals surface area contributed by atoms with Crippen LogP contribution < -0.4 is 10.1 Å². The maximum atomic E-state index is 12.9. The molecule has 154 valence electrons. The second-order valence-corrected chi connectivity index (χ2v) is 7.45. The Morgan fingerprint density at radius 1 is 1.10 bits per heavy atom. The number of hydrogen-bond donors (Lipinski definition) is 1. The van der Waals surface area contributed by atoms with Crippen molar-refractivity contribution in [3.63, 3.8) is 0 Å². The third-order valence-corrected chi connectivity index (χ3v) is 4.87. The first-order valence-electron chi connectivity index (χ1n) is 9.30. The average Bonchev–Trinajstić information content (AvgIpc) is 2.78. The molecule has 1 atom stereocenters. The van der Waals surface area contributed by atoms with Gasteiger partial charge in [0.1, 0.15) is 12.4 Å². The van der Waals surface area contributed by atoms with Crippen molar-refractivity contribution in [1.82, 2.24) is 10.3 Å². The Morgan fingerprint density at radius 3 is 2.67 bits per heavy atom. The van der Waals surface area contributed by atoms with Crippen molar-refractivity contribution in [3.8, 4) is 5.75 Å². The number of benzene rings is 2. The number of nitrogens with one attached hydrogen (secondary N) is 1. The number of hydrogen-bond acceptors (Lipinski definition) is 5. The lowest BCUT2D eigenvalue weighted by Gasteiger charge is -2.19. The van der Waals surface area contributed by atoms with Crippen LogP contribution in [0, 0.1) is 0 Å². The monoisotopic (exact) mass is 468 g/mol. The predicted molar refractivity (Wildman–Crippen MR) is 116 cm³/mol. The van der Waals surface area contributed by atoms with Crippen molar-refractivity contribution in [1.29, 1.82) is 0 Å². The van der Waals surface area contributed by atoms with E-state index in [0.29, 0.717) is 17.9 Å². The van der Waals surface area contributed by atoms with Crippen LogP contribution in [-0.4, -0.2) is 24.0 Å². The Labute approximate surface area is 183 Å². The molecule has 30 heavy (non-hydrogen) atoms. The van der Waals surface area contributed by atoms with E-state index in [1.165, 1.54) is 7.11 Å². The lowest BCUT2D eigenvalue weighted by molar-refractivity contribution is -0.141. The van der Waals surface area contributed by atoms with Gasteiger partial charge in [0.05, 0.1) is 19.6 Å². The first-order valence-corrected chi connectivity index (χ1v) is 10.1. The summed E-state index contributed by atoms with van der Waals surface area (Å²) in [7, 11) is 1.32. The summed E-state index contributed by atoms with van der Waals surface area (Å²) in [4.78, 5) is 28.8. The van der Waals surface area contributed by atoms with Gasteiger partial charge < -0.3 is 14.8 Å². The molecule has 0 spiro atoms. The number of halogens is 1. The molecule has 0 saturated heterocycles. The summed E-state index contributed by atoms with van der Waals surface area (Å²) >= 11 is 3.42. The van der Waals surface area contributed by atoms with E-state index in [4.69, 9.17) is 9.47 Å². The molecule has 3 rings (SSSR count). The van der Waals surface area contributed by atoms with E-state index in [2.05, 4.69) is 26.2 Å². The van der Waals surface area contributed by atoms with Gasteiger partial charge in [0.15, 0.2) is 0 Å². The molecule has 3 aromatic rings. The molecular formula is C23H21BrN2O4. The predicted octanol–water partition coefficient (Wildman–Crippen LogP) is 4.46. The highest BCUT2D eigenvalue weighted by molar-refractivity contribution is 9.10. The maximum absolute atomic E-state index is 12.9. The number of amides is 1. The van der Waals surface area contributed by atoms with Gasteiger partial charge in [-0.15, -0.1) is 0 Å². The van der Waals surface area contributed by atoms with Crippen LogP contribution >= 0.6 is 15.9 Å². The fourth-order valence-corrected chi connectivity index (χ4v) is 3.26. The zero-order valence-corrected chi connectivity index (χ0v) is 18.0. The first kappa shape index (κ1) is 21.5. The molecule has 0 saturated carbocycles. The molecule has 1 unspecified atom stereocenters. The van der Waals surface area contributed by atoms with E-state index in [9.17, 15) is 9.59 Å². The van der Waals surface area contributed by atoms with E-state index in [0.717, 1.165) is 15.6 Å². The van der Waals surface area contributed by atoms with Crippen LogP contribution in [0.5, 0.6) is 5.75 Å². The minimum absolute atomic E-state index is 0.0237. The van der Waals surface area contributed by atoms with E-state index < -0.39 is 12.0 Å². The lowest BCUT2D eigenvalue weighted by Crippen LogP contribution is -2.30. The Hall–Kier alpha value is -3.19. The third-order valence-electron chi connectivity index (χ3n) is 4.38. The van der Waals surface area contributed by atoms with Crippen LogP contribution in [0.1, 0.15) is 33.9 Å². The minimum Gasteiger partial charge on any atom is -0.489 e. The summed E-state index contributed by atoms with van der Waals surface area (Å²) in [6.07, 6.45) is 3.45. The summed E-state index contributed by atoms with van der Waals surface area (Å²) < 4.78 is 11.4. The molecule has 1 aromatic heterocycles. The molecule has 6 nitrogen and oxygen atoms in total. The van der Waals surface area contributed by atoms with Gasteiger partial charge >= 0.3 is 5.97 Å². The van der Waals surface area contributed by atoms with Crippen LogP contribution in [0.25, 0.3) is 0 Å². The Kier molecular flexibility index (Phi) is 7.57. The first-order chi connectivity index (χ1) is 14.5. The van der Waals surface area contributed by atoms with Crippen molar-refractivity contribution in [3.05, 3.63) is 94.2 Å². The summed E-state index contributed by atoms with van der Waals surface area (Å²) in [5, 5.41) is 2.92. The molecule has 1 amide bonds. The fourth-order valence-electron chi connectivity index (χ4n) is 2.84. The molecule has 2 aromatic carbocycles. The smallest absolute Gasteiger partial charge is 0.307 e. The number of aromatic nitrogens is 1. The lowest BCUT2D eigenvalue weighted by atomic mass is 10.0. The molecule has 7 heteroatoms. The maximum Gasteiger partial charge on any atom is 0.307 e. The van der Waals surface area contributed by atoms with Crippen LogP contribution in [0.15, 0.2) is 77.5 Å². The topological polar surface area (TPSA) is 77.5 Å². The highest BCUT2D eigenvalue weighted by Crippen LogP contribution is 2.23. The number of rotatable bonds is 8.